The zero-order valence-electron chi connectivity index (χ0n) is 12.1. The lowest BCUT2D eigenvalue weighted by Crippen LogP contribution is -2.04. The third-order valence-electron chi connectivity index (χ3n) is 3.47. The summed E-state index contributed by atoms with van der Waals surface area (Å²) in [6.45, 7) is 0. The number of aromatic hydroxyl groups is 4. The van der Waals surface area contributed by atoms with E-state index < -0.39 is 28.4 Å². The zero-order valence-corrected chi connectivity index (χ0v) is 12.1. The van der Waals surface area contributed by atoms with Crippen molar-refractivity contribution in [2.24, 2.45) is 0 Å². The van der Waals surface area contributed by atoms with Gasteiger partial charge < -0.3 is 34.3 Å². The van der Waals surface area contributed by atoms with Gasteiger partial charge in [-0.25, -0.2) is 0 Å². The predicted octanol–water partition coefficient (Wildman–Crippen LogP) is 1.79. The van der Waals surface area contributed by atoms with Crippen LogP contribution in [0.4, 0.5) is 0 Å². The lowest BCUT2D eigenvalue weighted by molar-refractivity contribution is 0.346. The average Bonchev–Trinajstić information content (AvgIpc) is 2.46. The molecule has 120 valence electrons. The van der Waals surface area contributed by atoms with Crippen molar-refractivity contribution in [3.8, 4) is 34.5 Å². The number of methoxy groups -OCH3 is 2. The van der Waals surface area contributed by atoms with E-state index in [4.69, 9.17) is 13.9 Å². The molecular weight excluding hydrogens is 308 g/mol. The van der Waals surface area contributed by atoms with Gasteiger partial charge in [0.2, 0.25) is 16.9 Å². The van der Waals surface area contributed by atoms with E-state index in [1.54, 1.807) is 0 Å². The molecule has 0 aliphatic heterocycles. The molecule has 0 bridgehead atoms. The van der Waals surface area contributed by atoms with Crippen molar-refractivity contribution >= 4 is 21.9 Å². The minimum atomic E-state index is -0.771. The van der Waals surface area contributed by atoms with E-state index in [-0.39, 0.29) is 33.4 Å². The highest BCUT2D eigenvalue weighted by Gasteiger charge is 2.24. The lowest BCUT2D eigenvalue weighted by atomic mass is 10.1. The molecule has 0 amide bonds. The Morgan fingerprint density at radius 3 is 2.09 bits per heavy atom. The van der Waals surface area contributed by atoms with Gasteiger partial charge in [-0.1, -0.05) is 0 Å². The first-order valence-corrected chi connectivity index (χ1v) is 6.39. The maximum Gasteiger partial charge on any atom is 0.208 e. The fraction of sp³-hybridized carbons (Fsp3) is 0.133. The van der Waals surface area contributed by atoms with Crippen LogP contribution in [0.1, 0.15) is 0 Å². The molecule has 1 heterocycles. The van der Waals surface area contributed by atoms with Crippen molar-refractivity contribution in [2.75, 3.05) is 14.2 Å². The molecule has 0 fully saturated rings. The van der Waals surface area contributed by atoms with E-state index in [2.05, 4.69) is 0 Å². The molecule has 0 saturated heterocycles. The Morgan fingerprint density at radius 1 is 0.870 bits per heavy atom. The van der Waals surface area contributed by atoms with Gasteiger partial charge in [0.05, 0.1) is 14.2 Å². The van der Waals surface area contributed by atoms with Gasteiger partial charge in [0.15, 0.2) is 22.8 Å². The summed E-state index contributed by atoms with van der Waals surface area (Å²) >= 11 is 0. The van der Waals surface area contributed by atoms with E-state index >= 15 is 0 Å². The summed E-state index contributed by atoms with van der Waals surface area (Å²) in [6, 6.07) is 2.01. The molecule has 23 heavy (non-hydrogen) atoms. The molecule has 0 aliphatic carbocycles. The standard InChI is InChI=1S/C15H12O8/c1-21-13-7(18)4-8-10(12(13)20)11(19)9-5(16)3-6(17)14(22-2)15(9)23-8/h3-4,16-18,20H,1-2H3. The van der Waals surface area contributed by atoms with Crippen LogP contribution in [0.3, 0.4) is 0 Å². The molecule has 2 aromatic carbocycles. The predicted molar refractivity (Wildman–Crippen MR) is 79.8 cm³/mol. The number of hydrogen-bond donors (Lipinski definition) is 4. The lowest BCUT2D eigenvalue weighted by Gasteiger charge is -2.12. The van der Waals surface area contributed by atoms with E-state index in [0.717, 1.165) is 12.1 Å². The van der Waals surface area contributed by atoms with Crippen LogP contribution >= 0.6 is 0 Å². The van der Waals surface area contributed by atoms with Gasteiger partial charge in [-0.05, 0) is 0 Å². The monoisotopic (exact) mass is 320 g/mol. The van der Waals surface area contributed by atoms with Crippen molar-refractivity contribution in [3.63, 3.8) is 0 Å². The number of phenolic OH excluding ortho intramolecular Hbond substituents is 4. The topological polar surface area (TPSA) is 130 Å². The summed E-state index contributed by atoms with van der Waals surface area (Å²) < 4.78 is 15.3. The van der Waals surface area contributed by atoms with Crippen LogP contribution in [0.2, 0.25) is 0 Å². The molecule has 0 atom stereocenters. The van der Waals surface area contributed by atoms with Crippen molar-refractivity contribution in [1.29, 1.82) is 0 Å². The minimum Gasteiger partial charge on any atom is -0.507 e. The molecule has 0 unspecified atom stereocenters. The van der Waals surface area contributed by atoms with Gasteiger partial charge in [0.1, 0.15) is 22.1 Å². The fourth-order valence-corrected chi connectivity index (χ4v) is 2.48. The van der Waals surface area contributed by atoms with Crippen LogP contribution in [0, 0.1) is 0 Å². The molecule has 3 aromatic rings. The summed E-state index contributed by atoms with van der Waals surface area (Å²) in [5.41, 5.74) is -1.15. The first kappa shape index (κ1) is 14.6. The van der Waals surface area contributed by atoms with Gasteiger partial charge in [0, 0.05) is 12.1 Å². The van der Waals surface area contributed by atoms with Crippen molar-refractivity contribution in [3.05, 3.63) is 22.4 Å². The van der Waals surface area contributed by atoms with E-state index in [9.17, 15) is 25.2 Å². The van der Waals surface area contributed by atoms with Gasteiger partial charge in [-0.2, -0.15) is 0 Å². The van der Waals surface area contributed by atoms with E-state index in [1.165, 1.54) is 14.2 Å². The van der Waals surface area contributed by atoms with Crippen molar-refractivity contribution in [2.45, 2.75) is 0 Å². The number of benzene rings is 2. The molecule has 0 spiro atoms. The molecule has 0 aliphatic rings. The normalized spacial score (nSPS) is 11.0. The molecular formula is C15H12O8. The third kappa shape index (κ3) is 1.88. The van der Waals surface area contributed by atoms with Gasteiger partial charge in [-0.15, -0.1) is 0 Å². The number of rotatable bonds is 2. The molecule has 4 N–H and O–H groups in total. The first-order chi connectivity index (χ1) is 10.9. The molecule has 8 heteroatoms. The smallest absolute Gasteiger partial charge is 0.208 e. The van der Waals surface area contributed by atoms with E-state index in [0.29, 0.717) is 0 Å². The quantitative estimate of drug-likeness (QED) is 0.526. The van der Waals surface area contributed by atoms with Gasteiger partial charge in [0.25, 0.3) is 0 Å². The average molecular weight is 320 g/mol. The second kappa shape index (κ2) is 4.87. The highest BCUT2D eigenvalue weighted by Crippen LogP contribution is 2.45. The first-order valence-electron chi connectivity index (χ1n) is 6.39. The van der Waals surface area contributed by atoms with Crippen LogP contribution in [-0.2, 0) is 0 Å². The summed E-state index contributed by atoms with van der Waals surface area (Å²) in [7, 11) is 2.46. The Labute approximate surface area is 128 Å². The molecule has 1 aromatic heterocycles. The minimum absolute atomic E-state index is 0.161. The van der Waals surface area contributed by atoms with Gasteiger partial charge in [-0.3, -0.25) is 4.79 Å². The summed E-state index contributed by atoms with van der Waals surface area (Å²) in [5, 5.41) is 39.1. The second-order valence-electron chi connectivity index (χ2n) is 4.73. The second-order valence-corrected chi connectivity index (χ2v) is 4.73. The fourth-order valence-electron chi connectivity index (χ4n) is 2.48. The largest absolute Gasteiger partial charge is 0.507 e. The van der Waals surface area contributed by atoms with Crippen LogP contribution in [-0.4, -0.2) is 34.6 Å². The van der Waals surface area contributed by atoms with E-state index in [1.807, 2.05) is 0 Å². The highest BCUT2D eigenvalue weighted by atomic mass is 16.5. The van der Waals surface area contributed by atoms with Crippen molar-refractivity contribution < 1.29 is 34.3 Å². The summed E-state index contributed by atoms with van der Waals surface area (Å²) in [6.07, 6.45) is 0. The highest BCUT2D eigenvalue weighted by molar-refractivity contribution is 6.00. The van der Waals surface area contributed by atoms with Gasteiger partial charge >= 0.3 is 0 Å². The SMILES string of the molecule is COc1c(O)cc2oc3c(OC)c(O)cc(O)c3c(=O)c2c1O. The Kier molecular flexibility index (Phi) is 3.10. The molecule has 0 radical (unpaired) electrons. The molecule has 3 rings (SSSR count). The number of ether oxygens (including phenoxy) is 2. The number of hydrogen-bond acceptors (Lipinski definition) is 8. The zero-order chi connectivity index (χ0) is 16.9. The Morgan fingerprint density at radius 2 is 1.48 bits per heavy atom. The summed E-state index contributed by atoms with van der Waals surface area (Å²) in [4.78, 5) is 12.6. The number of phenols is 4. The Bertz CT molecular complexity index is 996. The maximum atomic E-state index is 12.6. The Hall–Kier alpha value is -3.29. The maximum absolute atomic E-state index is 12.6. The van der Waals surface area contributed by atoms with Crippen LogP contribution in [0.25, 0.3) is 21.9 Å². The third-order valence-corrected chi connectivity index (χ3v) is 3.47. The van der Waals surface area contributed by atoms with Crippen molar-refractivity contribution in [1.82, 2.24) is 0 Å². The number of fused-ring (bicyclic) bond motifs is 2. The summed E-state index contributed by atoms with van der Waals surface area (Å²) in [5.74, 6) is -2.49. The van der Waals surface area contributed by atoms with Crippen LogP contribution < -0.4 is 14.9 Å². The molecule has 0 saturated carbocycles. The van der Waals surface area contributed by atoms with Crippen LogP contribution in [0.5, 0.6) is 34.5 Å². The van der Waals surface area contributed by atoms with Crippen LogP contribution in [0.15, 0.2) is 21.3 Å². The Balaban J connectivity index is 2.64. The molecule has 8 nitrogen and oxygen atoms in total.